The maximum atomic E-state index is 13.1. The zero-order valence-electron chi connectivity index (χ0n) is 7.73. The van der Waals surface area contributed by atoms with Crippen LogP contribution in [-0.4, -0.2) is 12.6 Å². The van der Waals surface area contributed by atoms with Crippen molar-refractivity contribution in [1.82, 2.24) is 0 Å². The first-order valence-electron chi connectivity index (χ1n) is 4.36. The van der Waals surface area contributed by atoms with Crippen LogP contribution in [0, 0.1) is 12.7 Å². The minimum atomic E-state index is -0.213. The van der Waals surface area contributed by atoms with Crippen LogP contribution < -0.4 is 10.1 Å². The van der Waals surface area contributed by atoms with Crippen molar-refractivity contribution < 1.29 is 9.13 Å². The standard InChI is InChI=1S/C10H12FNO/c1-6-3-9-10(4-8(6)11)13-5-7(2)12-9/h3-4,7,12H,5H2,1-2H3. The van der Waals surface area contributed by atoms with Crippen LogP contribution in [-0.2, 0) is 0 Å². The SMILES string of the molecule is Cc1cc2c(cc1F)OCC(C)N2. The second-order valence-corrected chi connectivity index (χ2v) is 3.45. The van der Waals surface area contributed by atoms with E-state index in [9.17, 15) is 4.39 Å². The second-order valence-electron chi connectivity index (χ2n) is 3.45. The second kappa shape index (κ2) is 2.91. The van der Waals surface area contributed by atoms with Crippen molar-refractivity contribution in [3.05, 3.63) is 23.5 Å². The highest BCUT2D eigenvalue weighted by Crippen LogP contribution is 2.31. The number of nitrogens with one attached hydrogen (secondary N) is 1. The maximum Gasteiger partial charge on any atom is 0.145 e. The number of rotatable bonds is 0. The van der Waals surface area contributed by atoms with E-state index in [2.05, 4.69) is 5.32 Å². The Hall–Kier alpha value is -1.25. The molecule has 1 atom stereocenters. The summed E-state index contributed by atoms with van der Waals surface area (Å²) in [6.07, 6.45) is 0. The molecule has 1 aromatic carbocycles. The van der Waals surface area contributed by atoms with E-state index < -0.39 is 0 Å². The lowest BCUT2D eigenvalue weighted by Crippen LogP contribution is -2.28. The monoisotopic (exact) mass is 181 g/mol. The largest absolute Gasteiger partial charge is 0.489 e. The first-order valence-corrected chi connectivity index (χ1v) is 4.36. The van der Waals surface area contributed by atoms with Crippen LogP contribution in [0.5, 0.6) is 5.75 Å². The third kappa shape index (κ3) is 1.46. The molecule has 0 radical (unpaired) electrons. The van der Waals surface area contributed by atoms with Crippen molar-refractivity contribution >= 4 is 5.69 Å². The van der Waals surface area contributed by atoms with Crippen LogP contribution in [0.15, 0.2) is 12.1 Å². The molecule has 1 N–H and O–H groups in total. The van der Waals surface area contributed by atoms with E-state index in [0.717, 1.165) is 5.69 Å². The molecule has 3 heteroatoms. The van der Waals surface area contributed by atoms with Gasteiger partial charge in [0.2, 0.25) is 0 Å². The summed E-state index contributed by atoms with van der Waals surface area (Å²) in [5.74, 6) is 0.399. The number of anilines is 1. The molecule has 13 heavy (non-hydrogen) atoms. The molecule has 0 fully saturated rings. The number of fused-ring (bicyclic) bond motifs is 1. The van der Waals surface area contributed by atoms with Crippen LogP contribution in [0.1, 0.15) is 12.5 Å². The van der Waals surface area contributed by atoms with Gasteiger partial charge in [0.1, 0.15) is 18.2 Å². The zero-order valence-corrected chi connectivity index (χ0v) is 7.73. The third-order valence-electron chi connectivity index (χ3n) is 2.15. The Kier molecular flexibility index (Phi) is 1.87. The summed E-state index contributed by atoms with van der Waals surface area (Å²) in [6, 6.07) is 3.50. The average molecular weight is 181 g/mol. The maximum absolute atomic E-state index is 13.1. The van der Waals surface area contributed by atoms with Gasteiger partial charge in [-0.15, -0.1) is 0 Å². The van der Waals surface area contributed by atoms with Crippen molar-refractivity contribution in [2.24, 2.45) is 0 Å². The Labute approximate surface area is 76.7 Å². The highest BCUT2D eigenvalue weighted by Gasteiger charge is 2.16. The van der Waals surface area contributed by atoms with Crippen LogP contribution >= 0.6 is 0 Å². The van der Waals surface area contributed by atoms with Crippen molar-refractivity contribution in [3.8, 4) is 5.75 Å². The first kappa shape index (κ1) is 8.35. The number of hydrogen-bond donors (Lipinski definition) is 1. The fourth-order valence-electron chi connectivity index (χ4n) is 1.42. The molecule has 0 spiro atoms. The van der Waals surface area contributed by atoms with Gasteiger partial charge in [-0.3, -0.25) is 0 Å². The molecular weight excluding hydrogens is 169 g/mol. The quantitative estimate of drug-likeness (QED) is 0.663. The van der Waals surface area contributed by atoms with E-state index in [1.807, 2.05) is 6.92 Å². The Morgan fingerprint density at radius 3 is 3.08 bits per heavy atom. The highest BCUT2D eigenvalue weighted by molar-refractivity contribution is 5.60. The molecule has 1 aromatic rings. The Morgan fingerprint density at radius 1 is 1.54 bits per heavy atom. The predicted octanol–water partition coefficient (Wildman–Crippen LogP) is 2.33. The molecule has 70 valence electrons. The van der Waals surface area contributed by atoms with Gasteiger partial charge < -0.3 is 10.1 Å². The van der Waals surface area contributed by atoms with E-state index in [1.54, 1.807) is 13.0 Å². The van der Waals surface area contributed by atoms with E-state index in [4.69, 9.17) is 4.74 Å². The zero-order chi connectivity index (χ0) is 9.42. The molecular formula is C10H12FNO. The molecule has 0 bridgehead atoms. The summed E-state index contributed by atoms with van der Waals surface area (Å²) in [7, 11) is 0. The summed E-state index contributed by atoms with van der Waals surface area (Å²) in [5, 5.41) is 3.24. The average Bonchev–Trinajstić information content (AvgIpc) is 2.08. The van der Waals surface area contributed by atoms with Crippen molar-refractivity contribution in [3.63, 3.8) is 0 Å². The third-order valence-corrected chi connectivity index (χ3v) is 2.15. The molecule has 2 nitrogen and oxygen atoms in total. The van der Waals surface area contributed by atoms with Gasteiger partial charge in [-0.05, 0) is 25.5 Å². The molecule has 1 aliphatic rings. The fraction of sp³-hybridized carbons (Fsp3) is 0.400. The molecule has 1 heterocycles. The van der Waals surface area contributed by atoms with Gasteiger partial charge >= 0.3 is 0 Å². The number of ether oxygens (including phenoxy) is 1. The van der Waals surface area contributed by atoms with Crippen molar-refractivity contribution in [2.45, 2.75) is 19.9 Å². The van der Waals surface area contributed by atoms with E-state index in [0.29, 0.717) is 17.9 Å². The molecule has 1 aliphatic heterocycles. The topological polar surface area (TPSA) is 21.3 Å². The molecule has 2 rings (SSSR count). The van der Waals surface area contributed by atoms with Gasteiger partial charge in [-0.1, -0.05) is 0 Å². The lowest BCUT2D eigenvalue weighted by molar-refractivity contribution is 0.290. The highest BCUT2D eigenvalue weighted by atomic mass is 19.1. The molecule has 0 amide bonds. The number of hydrogen-bond acceptors (Lipinski definition) is 2. The number of halogens is 1. The first-order chi connectivity index (χ1) is 6.16. The molecule has 0 saturated heterocycles. The van der Waals surface area contributed by atoms with Gasteiger partial charge in [-0.25, -0.2) is 4.39 Å². The predicted molar refractivity (Wildman–Crippen MR) is 49.7 cm³/mol. The Balaban J connectivity index is 2.43. The number of benzene rings is 1. The smallest absolute Gasteiger partial charge is 0.145 e. The summed E-state index contributed by atoms with van der Waals surface area (Å²) < 4.78 is 18.5. The van der Waals surface area contributed by atoms with Gasteiger partial charge in [0.25, 0.3) is 0 Å². The number of aryl methyl sites for hydroxylation is 1. The Morgan fingerprint density at radius 2 is 2.31 bits per heavy atom. The van der Waals surface area contributed by atoms with Gasteiger partial charge in [0.05, 0.1) is 11.7 Å². The van der Waals surface area contributed by atoms with E-state index in [1.165, 1.54) is 6.07 Å². The summed E-state index contributed by atoms with van der Waals surface area (Å²) >= 11 is 0. The minimum Gasteiger partial charge on any atom is -0.489 e. The van der Waals surface area contributed by atoms with Crippen LogP contribution in [0.25, 0.3) is 0 Å². The lowest BCUT2D eigenvalue weighted by atomic mass is 10.1. The van der Waals surface area contributed by atoms with Crippen LogP contribution in [0.2, 0.25) is 0 Å². The molecule has 0 saturated carbocycles. The van der Waals surface area contributed by atoms with Gasteiger partial charge in [0.15, 0.2) is 0 Å². The van der Waals surface area contributed by atoms with Crippen molar-refractivity contribution in [2.75, 3.05) is 11.9 Å². The minimum absolute atomic E-state index is 0.213. The summed E-state index contributed by atoms with van der Waals surface area (Å²) in [4.78, 5) is 0. The lowest BCUT2D eigenvalue weighted by Gasteiger charge is -2.25. The molecule has 0 aliphatic carbocycles. The summed E-state index contributed by atoms with van der Waals surface area (Å²) in [5.41, 5.74) is 1.53. The van der Waals surface area contributed by atoms with Crippen molar-refractivity contribution in [1.29, 1.82) is 0 Å². The van der Waals surface area contributed by atoms with Gasteiger partial charge in [-0.2, -0.15) is 0 Å². The van der Waals surface area contributed by atoms with E-state index in [-0.39, 0.29) is 11.9 Å². The fourth-order valence-corrected chi connectivity index (χ4v) is 1.42. The van der Waals surface area contributed by atoms with Crippen LogP contribution in [0.4, 0.5) is 10.1 Å². The van der Waals surface area contributed by atoms with Gasteiger partial charge in [0, 0.05) is 6.07 Å². The molecule has 1 unspecified atom stereocenters. The van der Waals surface area contributed by atoms with E-state index >= 15 is 0 Å². The van der Waals surface area contributed by atoms with Crippen LogP contribution in [0.3, 0.4) is 0 Å². The normalized spacial score (nSPS) is 20.1. The Bertz CT molecular complexity index is 338. The molecule has 0 aromatic heterocycles. The summed E-state index contributed by atoms with van der Waals surface area (Å²) in [6.45, 7) is 4.37.